The molecule has 84 valence electrons. The summed E-state index contributed by atoms with van der Waals surface area (Å²) >= 11 is 0. The highest BCUT2D eigenvalue weighted by molar-refractivity contribution is 5.68. The summed E-state index contributed by atoms with van der Waals surface area (Å²) in [5.74, 6) is 1.42. The lowest BCUT2D eigenvalue weighted by atomic mass is 10.2. The first-order valence-corrected chi connectivity index (χ1v) is 5.65. The van der Waals surface area contributed by atoms with Crippen molar-refractivity contribution < 1.29 is 14.4 Å². The van der Waals surface area contributed by atoms with Crippen molar-refractivity contribution in [3.63, 3.8) is 0 Å². The van der Waals surface area contributed by atoms with Gasteiger partial charge >= 0.3 is 6.09 Å². The highest BCUT2D eigenvalue weighted by atomic mass is 16.7. The molecule has 4 atom stereocenters. The SMILES string of the molecule is CC(C)(C)OC(=O)N1OC2CC1C1CC21. The summed E-state index contributed by atoms with van der Waals surface area (Å²) in [6.45, 7) is 5.62. The van der Waals surface area contributed by atoms with Crippen LogP contribution < -0.4 is 0 Å². The van der Waals surface area contributed by atoms with Crippen molar-refractivity contribution in [1.29, 1.82) is 0 Å². The predicted molar refractivity (Wildman–Crippen MR) is 52.9 cm³/mol. The van der Waals surface area contributed by atoms with Crippen molar-refractivity contribution in [3.8, 4) is 0 Å². The maximum atomic E-state index is 11.8. The average molecular weight is 211 g/mol. The lowest BCUT2D eigenvalue weighted by Gasteiger charge is -2.28. The molecule has 1 heterocycles. The fourth-order valence-electron chi connectivity index (χ4n) is 2.79. The molecule has 0 aromatic rings. The summed E-state index contributed by atoms with van der Waals surface area (Å²) < 4.78 is 5.30. The first-order chi connectivity index (χ1) is 6.96. The Kier molecular flexibility index (Phi) is 1.68. The Labute approximate surface area is 89.5 Å². The number of hydroxylamine groups is 2. The Morgan fingerprint density at radius 1 is 1.33 bits per heavy atom. The Balaban J connectivity index is 1.67. The molecular formula is C11H17NO3. The van der Waals surface area contributed by atoms with Gasteiger partial charge in [0, 0.05) is 0 Å². The van der Waals surface area contributed by atoms with E-state index in [4.69, 9.17) is 9.57 Å². The number of rotatable bonds is 0. The number of carbonyl (C=O) groups is 1. The van der Waals surface area contributed by atoms with Gasteiger partial charge in [-0.3, -0.25) is 4.84 Å². The minimum absolute atomic E-state index is 0.285. The maximum absolute atomic E-state index is 11.8. The van der Waals surface area contributed by atoms with Crippen LogP contribution in [0.25, 0.3) is 0 Å². The van der Waals surface area contributed by atoms with Gasteiger partial charge in [0.1, 0.15) is 5.60 Å². The second-order valence-corrected chi connectivity index (χ2v) is 5.82. The second kappa shape index (κ2) is 2.67. The standard InChI is InChI=1S/C11H17NO3/c1-11(2,3)14-10(13)12-8-5-9(15-12)7-4-6(7)8/h6-9H,4-5H2,1-3H3. The molecule has 3 fully saturated rings. The molecule has 4 unspecified atom stereocenters. The first-order valence-electron chi connectivity index (χ1n) is 5.65. The summed E-state index contributed by atoms with van der Waals surface area (Å²) in [6, 6.07) is 0.287. The number of amides is 1. The number of hydrogen-bond acceptors (Lipinski definition) is 3. The zero-order valence-corrected chi connectivity index (χ0v) is 9.40. The van der Waals surface area contributed by atoms with Gasteiger partial charge in [-0.05, 0) is 45.4 Å². The van der Waals surface area contributed by atoms with E-state index in [0.29, 0.717) is 5.92 Å². The molecule has 1 aliphatic heterocycles. The van der Waals surface area contributed by atoms with E-state index in [2.05, 4.69) is 0 Å². The molecule has 4 heteroatoms. The van der Waals surface area contributed by atoms with Crippen LogP contribution in [0.15, 0.2) is 0 Å². The normalized spacial score (nSPS) is 41.7. The molecule has 0 spiro atoms. The van der Waals surface area contributed by atoms with Crippen molar-refractivity contribution in [2.75, 3.05) is 0 Å². The molecule has 4 nitrogen and oxygen atoms in total. The third-order valence-electron chi connectivity index (χ3n) is 3.46. The van der Waals surface area contributed by atoms with Crippen molar-refractivity contribution in [2.24, 2.45) is 11.8 Å². The highest BCUT2D eigenvalue weighted by Crippen LogP contribution is 2.59. The molecule has 3 rings (SSSR count). The Morgan fingerprint density at radius 3 is 2.60 bits per heavy atom. The molecule has 2 saturated carbocycles. The largest absolute Gasteiger partial charge is 0.442 e. The third-order valence-corrected chi connectivity index (χ3v) is 3.46. The van der Waals surface area contributed by atoms with Gasteiger partial charge in [0.2, 0.25) is 0 Å². The summed E-state index contributed by atoms with van der Waals surface area (Å²) in [4.78, 5) is 17.4. The summed E-state index contributed by atoms with van der Waals surface area (Å²) in [5, 5.41) is 1.48. The van der Waals surface area contributed by atoms with Crippen LogP contribution in [0, 0.1) is 11.8 Å². The van der Waals surface area contributed by atoms with Gasteiger partial charge in [-0.25, -0.2) is 4.79 Å². The molecule has 0 radical (unpaired) electrons. The lowest BCUT2D eigenvalue weighted by molar-refractivity contribution is -0.172. The van der Waals surface area contributed by atoms with E-state index in [1.54, 1.807) is 0 Å². The first kappa shape index (κ1) is 9.46. The molecule has 15 heavy (non-hydrogen) atoms. The van der Waals surface area contributed by atoms with E-state index < -0.39 is 5.60 Å². The number of hydrogen-bond donors (Lipinski definition) is 0. The van der Waals surface area contributed by atoms with E-state index in [0.717, 1.165) is 12.3 Å². The van der Waals surface area contributed by atoms with Gasteiger partial charge in [-0.1, -0.05) is 0 Å². The topological polar surface area (TPSA) is 38.8 Å². The highest BCUT2D eigenvalue weighted by Gasteiger charge is 2.64. The molecule has 3 aliphatic rings. The van der Waals surface area contributed by atoms with E-state index in [1.165, 1.54) is 11.5 Å². The molecule has 0 aromatic heterocycles. The molecule has 0 aromatic carbocycles. The van der Waals surface area contributed by atoms with Gasteiger partial charge in [-0.2, -0.15) is 5.06 Å². The molecule has 1 amide bonds. The molecular weight excluding hydrogens is 194 g/mol. The molecule has 0 N–H and O–H groups in total. The van der Waals surface area contributed by atoms with Crippen molar-refractivity contribution in [3.05, 3.63) is 0 Å². The fraction of sp³-hybridized carbons (Fsp3) is 0.909. The Bertz CT molecular complexity index is 309. The summed E-state index contributed by atoms with van der Waals surface area (Å²) in [6.07, 6.45) is 2.20. The predicted octanol–water partition coefficient (Wildman–Crippen LogP) is 1.95. The summed E-state index contributed by atoms with van der Waals surface area (Å²) in [7, 11) is 0. The zero-order chi connectivity index (χ0) is 10.8. The fourth-order valence-corrected chi connectivity index (χ4v) is 2.79. The van der Waals surface area contributed by atoms with Crippen LogP contribution in [0.5, 0.6) is 0 Å². The van der Waals surface area contributed by atoms with Gasteiger partial charge in [0.15, 0.2) is 0 Å². The van der Waals surface area contributed by atoms with Crippen molar-refractivity contribution in [1.82, 2.24) is 5.06 Å². The van der Waals surface area contributed by atoms with E-state index in [9.17, 15) is 4.79 Å². The van der Waals surface area contributed by atoms with E-state index in [1.807, 2.05) is 20.8 Å². The van der Waals surface area contributed by atoms with Crippen LogP contribution in [-0.2, 0) is 9.57 Å². The van der Waals surface area contributed by atoms with Gasteiger partial charge < -0.3 is 4.74 Å². The third kappa shape index (κ3) is 1.42. The van der Waals surface area contributed by atoms with Gasteiger partial charge in [-0.15, -0.1) is 0 Å². The van der Waals surface area contributed by atoms with E-state index >= 15 is 0 Å². The van der Waals surface area contributed by atoms with Crippen LogP contribution in [0.1, 0.15) is 33.6 Å². The van der Waals surface area contributed by atoms with Gasteiger partial charge in [0.05, 0.1) is 12.1 Å². The Hall–Kier alpha value is -0.770. The molecule has 1 saturated heterocycles. The van der Waals surface area contributed by atoms with Crippen LogP contribution in [-0.4, -0.2) is 28.9 Å². The summed E-state index contributed by atoms with van der Waals surface area (Å²) in [5.41, 5.74) is -0.439. The minimum atomic E-state index is -0.439. The van der Waals surface area contributed by atoms with Gasteiger partial charge in [0.25, 0.3) is 0 Å². The van der Waals surface area contributed by atoms with Crippen molar-refractivity contribution in [2.45, 2.75) is 51.4 Å². The lowest BCUT2D eigenvalue weighted by Crippen LogP contribution is -2.41. The second-order valence-electron chi connectivity index (χ2n) is 5.82. The van der Waals surface area contributed by atoms with Crippen LogP contribution in [0.4, 0.5) is 4.79 Å². The zero-order valence-electron chi connectivity index (χ0n) is 9.40. The van der Waals surface area contributed by atoms with Crippen LogP contribution in [0.2, 0.25) is 0 Å². The number of nitrogens with zero attached hydrogens (tertiary/aromatic N) is 1. The number of carbonyl (C=O) groups excluding carboxylic acids is 1. The smallest absolute Gasteiger partial charge is 0.434 e. The molecule has 2 bridgehead atoms. The van der Waals surface area contributed by atoms with Crippen molar-refractivity contribution >= 4 is 6.09 Å². The van der Waals surface area contributed by atoms with E-state index in [-0.39, 0.29) is 18.2 Å². The molecule has 2 aliphatic carbocycles. The van der Waals surface area contributed by atoms with Crippen LogP contribution >= 0.6 is 0 Å². The maximum Gasteiger partial charge on any atom is 0.434 e. The average Bonchev–Trinajstić information content (AvgIpc) is 2.69. The number of fused-ring (bicyclic) bond motifs is 5. The monoisotopic (exact) mass is 211 g/mol. The Morgan fingerprint density at radius 2 is 2.07 bits per heavy atom. The quantitative estimate of drug-likeness (QED) is 0.614. The number of ether oxygens (including phenoxy) is 1. The minimum Gasteiger partial charge on any atom is -0.442 e. The van der Waals surface area contributed by atoms with Crippen LogP contribution in [0.3, 0.4) is 0 Å².